The van der Waals surface area contributed by atoms with Crippen LogP contribution in [0.25, 0.3) is 0 Å². The first-order valence-electron chi connectivity index (χ1n) is 7.30. The van der Waals surface area contributed by atoms with Crippen molar-refractivity contribution in [3.8, 4) is 0 Å². The molecule has 2 heterocycles. The van der Waals surface area contributed by atoms with Gasteiger partial charge in [0.25, 0.3) is 0 Å². The summed E-state index contributed by atoms with van der Waals surface area (Å²) in [6.45, 7) is 8.15. The molecule has 6 nitrogen and oxygen atoms in total. The van der Waals surface area contributed by atoms with Gasteiger partial charge < -0.3 is 10.6 Å². The third kappa shape index (κ3) is 4.42. The lowest BCUT2D eigenvalue weighted by Crippen LogP contribution is -2.43. The van der Waals surface area contributed by atoms with Gasteiger partial charge in [-0.1, -0.05) is 20.8 Å². The Hall–Kier alpha value is -1.15. The first-order valence-corrected chi connectivity index (χ1v) is 10.0. The molecule has 2 rings (SSSR count). The largest absolute Gasteiger partial charge is 0.334 e. The zero-order chi connectivity index (χ0) is 16.5. The molecular weight excluding hydrogens is 322 g/mol. The van der Waals surface area contributed by atoms with Gasteiger partial charge in [-0.15, -0.1) is 11.3 Å². The molecule has 1 saturated heterocycles. The van der Waals surface area contributed by atoms with Gasteiger partial charge in [-0.3, -0.25) is 0 Å². The quantitative estimate of drug-likeness (QED) is 0.877. The van der Waals surface area contributed by atoms with E-state index in [2.05, 4.69) is 36.4 Å². The Morgan fingerprint density at radius 3 is 2.64 bits per heavy atom. The van der Waals surface area contributed by atoms with Crippen molar-refractivity contribution in [2.45, 2.75) is 51.6 Å². The van der Waals surface area contributed by atoms with Crippen LogP contribution in [0.4, 0.5) is 4.79 Å². The second-order valence-electron chi connectivity index (χ2n) is 6.76. The molecule has 1 aromatic heterocycles. The molecule has 1 aliphatic rings. The van der Waals surface area contributed by atoms with Crippen molar-refractivity contribution in [2.24, 2.45) is 0 Å². The summed E-state index contributed by atoms with van der Waals surface area (Å²) in [4.78, 5) is 16.5. The number of nitrogens with zero attached hydrogens (tertiary/aromatic N) is 1. The lowest BCUT2D eigenvalue weighted by Gasteiger charge is -2.16. The number of thiazole rings is 1. The number of hydrogen-bond donors (Lipinski definition) is 2. The molecule has 0 saturated carbocycles. The summed E-state index contributed by atoms with van der Waals surface area (Å²) in [5.74, 6) is 0.176. The van der Waals surface area contributed by atoms with Gasteiger partial charge in [0.2, 0.25) is 0 Å². The van der Waals surface area contributed by atoms with Crippen LogP contribution in [0.15, 0.2) is 5.38 Å². The lowest BCUT2D eigenvalue weighted by molar-refractivity contribution is 0.235. The maximum Gasteiger partial charge on any atom is 0.315 e. The third-order valence-electron chi connectivity index (χ3n) is 3.58. The van der Waals surface area contributed by atoms with Gasteiger partial charge in [-0.25, -0.2) is 18.2 Å². The van der Waals surface area contributed by atoms with Crippen LogP contribution in [0.1, 0.15) is 50.9 Å². The molecule has 0 aliphatic carbocycles. The van der Waals surface area contributed by atoms with Gasteiger partial charge in [-0.05, 0) is 13.3 Å². The van der Waals surface area contributed by atoms with Crippen LogP contribution < -0.4 is 10.6 Å². The van der Waals surface area contributed by atoms with Crippen LogP contribution in [0, 0.1) is 0 Å². The Kier molecular flexibility index (Phi) is 4.81. The van der Waals surface area contributed by atoms with Crippen molar-refractivity contribution >= 4 is 27.2 Å². The fourth-order valence-electron chi connectivity index (χ4n) is 2.23. The lowest BCUT2D eigenvalue weighted by atomic mass is 9.93. The second-order valence-corrected chi connectivity index (χ2v) is 9.88. The highest BCUT2D eigenvalue weighted by atomic mass is 32.2. The minimum Gasteiger partial charge on any atom is -0.334 e. The SMILES string of the molecule is C[C@@H](NC(=O)N[C@H]1CCS(=O)(=O)C1)c1nc(C(C)(C)C)cs1. The smallest absolute Gasteiger partial charge is 0.315 e. The van der Waals surface area contributed by atoms with Crippen molar-refractivity contribution in [1.82, 2.24) is 15.6 Å². The number of amides is 2. The maximum absolute atomic E-state index is 12.0. The first-order chi connectivity index (χ1) is 10.1. The van der Waals surface area contributed by atoms with Crippen LogP contribution in [-0.4, -0.2) is 37.0 Å². The summed E-state index contributed by atoms with van der Waals surface area (Å²) in [5.41, 5.74) is 0.984. The van der Waals surface area contributed by atoms with Gasteiger partial charge in [0.1, 0.15) is 5.01 Å². The standard InChI is InChI=1S/C14H23N3O3S2/c1-9(12-17-11(7-21-12)14(2,3)4)15-13(18)16-10-5-6-22(19,20)8-10/h7,9-10H,5-6,8H2,1-4H3,(H2,15,16,18)/t9-,10+/m1/s1. The Morgan fingerprint density at radius 2 is 2.14 bits per heavy atom. The maximum atomic E-state index is 12.0. The van der Waals surface area contributed by atoms with Gasteiger partial charge in [-0.2, -0.15) is 0 Å². The fraction of sp³-hybridized carbons (Fsp3) is 0.714. The zero-order valence-electron chi connectivity index (χ0n) is 13.3. The number of aromatic nitrogens is 1. The van der Waals surface area contributed by atoms with Gasteiger partial charge in [0, 0.05) is 16.8 Å². The Morgan fingerprint density at radius 1 is 1.45 bits per heavy atom. The van der Waals surface area contributed by atoms with Crippen LogP contribution in [0.2, 0.25) is 0 Å². The summed E-state index contributed by atoms with van der Waals surface area (Å²) in [7, 11) is -2.99. The fourth-order valence-corrected chi connectivity index (χ4v) is 4.95. The van der Waals surface area contributed by atoms with E-state index in [0.29, 0.717) is 6.42 Å². The van der Waals surface area contributed by atoms with E-state index in [9.17, 15) is 13.2 Å². The predicted octanol–water partition coefficient (Wildman–Crippen LogP) is 1.99. The highest BCUT2D eigenvalue weighted by molar-refractivity contribution is 7.91. The van der Waals surface area contributed by atoms with Crippen LogP contribution in [0.5, 0.6) is 0 Å². The summed E-state index contributed by atoms with van der Waals surface area (Å²) in [5, 5.41) is 8.39. The van der Waals surface area contributed by atoms with Crippen LogP contribution in [0.3, 0.4) is 0 Å². The molecule has 0 bridgehead atoms. The van der Waals surface area contributed by atoms with E-state index in [-0.39, 0.29) is 35.0 Å². The molecule has 22 heavy (non-hydrogen) atoms. The van der Waals surface area contributed by atoms with E-state index in [4.69, 9.17) is 0 Å². The normalized spacial score (nSPS) is 22.3. The zero-order valence-corrected chi connectivity index (χ0v) is 15.0. The molecule has 0 radical (unpaired) electrons. The van der Waals surface area contributed by atoms with E-state index in [0.717, 1.165) is 10.7 Å². The highest BCUT2D eigenvalue weighted by Gasteiger charge is 2.29. The van der Waals surface area contributed by atoms with E-state index in [1.165, 1.54) is 11.3 Å². The number of carbonyl (C=O) groups excluding carboxylic acids is 1. The molecule has 1 aromatic rings. The Bertz CT molecular complexity index is 647. The number of nitrogens with one attached hydrogen (secondary N) is 2. The van der Waals surface area contributed by atoms with Crippen molar-refractivity contribution in [1.29, 1.82) is 0 Å². The van der Waals surface area contributed by atoms with E-state index >= 15 is 0 Å². The minimum absolute atomic E-state index is 0.0189. The van der Waals surface area contributed by atoms with Crippen LogP contribution >= 0.6 is 11.3 Å². The number of hydrogen-bond acceptors (Lipinski definition) is 5. The van der Waals surface area contributed by atoms with E-state index < -0.39 is 9.84 Å². The minimum atomic E-state index is -2.99. The third-order valence-corrected chi connectivity index (χ3v) is 6.37. The van der Waals surface area contributed by atoms with Crippen molar-refractivity contribution in [3.05, 3.63) is 16.1 Å². The number of sulfone groups is 1. The Balaban J connectivity index is 1.90. The molecule has 8 heteroatoms. The van der Waals surface area contributed by atoms with Gasteiger partial charge in [0.15, 0.2) is 9.84 Å². The topological polar surface area (TPSA) is 88.2 Å². The van der Waals surface area contributed by atoms with Crippen molar-refractivity contribution in [2.75, 3.05) is 11.5 Å². The molecule has 0 aromatic carbocycles. The number of rotatable bonds is 3. The van der Waals surface area contributed by atoms with Gasteiger partial charge in [0.05, 0.1) is 23.2 Å². The number of urea groups is 1. The summed E-state index contributed by atoms with van der Waals surface area (Å²) in [6.07, 6.45) is 0.482. The van der Waals surface area contributed by atoms with Crippen LogP contribution in [-0.2, 0) is 15.3 Å². The van der Waals surface area contributed by atoms with E-state index in [1.807, 2.05) is 12.3 Å². The molecule has 2 atom stereocenters. The average Bonchev–Trinajstić information content (AvgIpc) is 2.95. The second kappa shape index (κ2) is 6.16. The first kappa shape index (κ1) is 17.2. The molecule has 124 valence electrons. The predicted molar refractivity (Wildman–Crippen MR) is 88.0 cm³/mol. The molecule has 2 amide bonds. The molecule has 1 aliphatic heterocycles. The molecule has 0 unspecified atom stereocenters. The monoisotopic (exact) mass is 345 g/mol. The molecular formula is C14H23N3O3S2. The molecule has 1 fully saturated rings. The summed E-state index contributed by atoms with van der Waals surface area (Å²) in [6, 6.07) is -0.847. The summed E-state index contributed by atoms with van der Waals surface area (Å²) < 4.78 is 22.8. The van der Waals surface area contributed by atoms with Crippen molar-refractivity contribution < 1.29 is 13.2 Å². The summed E-state index contributed by atoms with van der Waals surface area (Å²) >= 11 is 1.52. The Labute approximate surface area is 135 Å². The van der Waals surface area contributed by atoms with Crippen molar-refractivity contribution in [3.63, 3.8) is 0 Å². The average molecular weight is 345 g/mol. The van der Waals surface area contributed by atoms with Gasteiger partial charge >= 0.3 is 6.03 Å². The van der Waals surface area contributed by atoms with E-state index in [1.54, 1.807) is 0 Å². The molecule has 0 spiro atoms. The highest BCUT2D eigenvalue weighted by Crippen LogP contribution is 2.26. The molecule has 2 N–H and O–H groups in total. The number of carbonyl (C=O) groups is 1.